The van der Waals surface area contributed by atoms with Crippen LogP contribution in [-0.4, -0.2) is 92.3 Å². The Kier molecular flexibility index (Phi) is 8.61. The first-order valence-corrected chi connectivity index (χ1v) is 11.2. The lowest BCUT2D eigenvalue weighted by atomic mass is 9.96. The molecule has 2 fully saturated rings. The zero-order valence-corrected chi connectivity index (χ0v) is 19.7. The maximum atomic E-state index is 12.4. The van der Waals surface area contributed by atoms with Crippen LogP contribution in [0, 0.1) is 11.8 Å². The number of nitrogens with one attached hydrogen (secondary N) is 1. The van der Waals surface area contributed by atoms with Crippen molar-refractivity contribution in [2.75, 3.05) is 53.9 Å². The molecule has 0 spiro atoms. The van der Waals surface area contributed by atoms with Crippen molar-refractivity contribution in [3.8, 4) is 0 Å². The molecule has 1 aliphatic carbocycles. The second-order valence-electron chi connectivity index (χ2n) is 9.75. The summed E-state index contributed by atoms with van der Waals surface area (Å²) < 4.78 is 5.55. The van der Waals surface area contributed by atoms with Gasteiger partial charge in [-0.2, -0.15) is 0 Å². The number of rotatable bonds is 7. The molecule has 2 aliphatic rings. The topological polar surface area (TPSA) is 60.4 Å². The summed E-state index contributed by atoms with van der Waals surface area (Å²) >= 11 is 0. The molecular formula is C22H43N5O2. The number of likely N-dealkylation sites (N-methyl/N-ethyl adjacent to an activating group) is 1. The average Bonchev–Trinajstić information content (AvgIpc) is 3.47. The number of piperidine rings is 1. The van der Waals surface area contributed by atoms with E-state index in [1.165, 1.54) is 12.8 Å². The first-order valence-electron chi connectivity index (χ1n) is 11.2. The van der Waals surface area contributed by atoms with Gasteiger partial charge in [-0.3, -0.25) is 4.99 Å². The van der Waals surface area contributed by atoms with Crippen LogP contribution in [0.15, 0.2) is 4.99 Å². The minimum atomic E-state index is -0.448. The summed E-state index contributed by atoms with van der Waals surface area (Å²) in [7, 11) is 6.21. The van der Waals surface area contributed by atoms with Crippen molar-refractivity contribution in [1.82, 2.24) is 20.0 Å². The molecule has 0 radical (unpaired) electrons. The highest BCUT2D eigenvalue weighted by Gasteiger charge is 2.33. The maximum absolute atomic E-state index is 12.4. The quantitative estimate of drug-likeness (QED) is 0.517. The number of amides is 1. The molecule has 1 atom stereocenters. The molecule has 0 bridgehead atoms. The van der Waals surface area contributed by atoms with Gasteiger partial charge in [0.2, 0.25) is 0 Å². The third-order valence-corrected chi connectivity index (χ3v) is 5.94. The summed E-state index contributed by atoms with van der Waals surface area (Å²) in [6.07, 6.45) is 4.63. The standard InChI is InChI=1S/C22H43N5O2/c1-8-26(21(28)29-22(2,3)4)16-17-11-13-27(14-12-17)20(23-5)24-15-19(25(6)7)18-9-10-18/h17-19H,8-16H2,1-7H3,(H,23,24). The van der Waals surface area contributed by atoms with Gasteiger partial charge < -0.3 is 24.8 Å². The summed E-state index contributed by atoms with van der Waals surface area (Å²) in [5.74, 6) is 2.35. The van der Waals surface area contributed by atoms with Gasteiger partial charge in [-0.25, -0.2) is 4.79 Å². The molecular weight excluding hydrogens is 366 g/mol. The zero-order valence-electron chi connectivity index (χ0n) is 19.7. The number of hydrogen-bond donors (Lipinski definition) is 1. The first kappa shape index (κ1) is 23.8. The summed E-state index contributed by atoms with van der Waals surface area (Å²) in [4.78, 5) is 23.5. The van der Waals surface area contributed by atoms with E-state index >= 15 is 0 Å². The fourth-order valence-electron chi connectivity index (χ4n) is 4.08. The van der Waals surface area contributed by atoms with Crippen LogP contribution in [0.4, 0.5) is 4.79 Å². The van der Waals surface area contributed by atoms with E-state index in [2.05, 4.69) is 34.2 Å². The Bertz CT molecular complexity index is 544. The number of aliphatic imine (C=N–C) groups is 1. The normalized spacial score (nSPS) is 20.0. The van der Waals surface area contributed by atoms with Gasteiger partial charge in [-0.05, 0) is 79.3 Å². The third-order valence-electron chi connectivity index (χ3n) is 5.94. The van der Waals surface area contributed by atoms with Crippen LogP contribution in [0.25, 0.3) is 0 Å². The summed E-state index contributed by atoms with van der Waals surface area (Å²) in [6, 6.07) is 0.580. The predicted molar refractivity (Wildman–Crippen MR) is 119 cm³/mol. The lowest BCUT2D eigenvalue weighted by Crippen LogP contribution is -2.50. The van der Waals surface area contributed by atoms with E-state index in [-0.39, 0.29) is 6.09 Å². The molecule has 1 heterocycles. The van der Waals surface area contributed by atoms with Gasteiger partial charge in [-0.1, -0.05) is 0 Å². The van der Waals surface area contributed by atoms with Crippen LogP contribution in [-0.2, 0) is 4.74 Å². The molecule has 1 saturated carbocycles. The number of hydrogen-bond acceptors (Lipinski definition) is 4. The molecule has 1 unspecified atom stereocenters. The highest BCUT2D eigenvalue weighted by Crippen LogP contribution is 2.34. The summed E-state index contributed by atoms with van der Waals surface area (Å²) in [6.45, 7) is 12.1. The lowest BCUT2D eigenvalue weighted by Gasteiger charge is -2.37. The fraction of sp³-hybridized carbons (Fsp3) is 0.909. The predicted octanol–water partition coefficient (Wildman–Crippen LogP) is 2.87. The van der Waals surface area contributed by atoms with Crippen LogP contribution >= 0.6 is 0 Å². The minimum Gasteiger partial charge on any atom is -0.444 e. The van der Waals surface area contributed by atoms with Gasteiger partial charge in [0.25, 0.3) is 0 Å². The van der Waals surface area contributed by atoms with Gasteiger partial charge in [-0.15, -0.1) is 0 Å². The van der Waals surface area contributed by atoms with Crippen molar-refractivity contribution in [1.29, 1.82) is 0 Å². The molecule has 1 aliphatic heterocycles. The molecule has 168 valence electrons. The van der Waals surface area contributed by atoms with E-state index < -0.39 is 5.60 Å². The van der Waals surface area contributed by atoms with Crippen molar-refractivity contribution >= 4 is 12.1 Å². The Hall–Kier alpha value is -1.50. The van der Waals surface area contributed by atoms with Crippen molar-refractivity contribution in [2.45, 2.75) is 65.0 Å². The summed E-state index contributed by atoms with van der Waals surface area (Å²) in [5, 5.41) is 3.60. The summed E-state index contributed by atoms with van der Waals surface area (Å²) in [5.41, 5.74) is -0.448. The Labute approximate surface area is 177 Å². The van der Waals surface area contributed by atoms with Gasteiger partial charge in [0.15, 0.2) is 5.96 Å². The Balaban J connectivity index is 1.79. The number of ether oxygens (including phenoxy) is 1. The second-order valence-corrected chi connectivity index (χ2v) is 9.75. The van der Waals surface area contributed by atoms with Crippen molar-refractivity contribution in [3.05, 3.63) is 0 Å². The molecule has 0 aromatic rings. The Morgan fingerprint density at radius 1 is 1.21 bits per heavy atom. The van der Waals surface area contributed by atoms with Crippen molar-refractivity contribution in [3.63, 3.8) is 0 Å². The second kappa shape index (κ2) is 10.5. The minimum absolute atomic E-state index is 0.199. The zero-order chi connectivity index (χ0) is 21.6. The monoisotopic (exact) mass is 409 g/mol. The number of carbonyl (C=O) groups excluding carboxylic acids is 1. The average molecular weight is 410 g/mol. The van der Waals surface area contributed by atoms with Gasteiger partial charge in [0, 0.05) is 45.8 Å². The van der Waals surface area contributed by atoms with Crippen LogP contribution in [0.5, 0.6) is 0 Å². The van der Waals surface area contributed by atoms with E-state index in [1.807, 2.05) is 39.6 Å². The molecule has 2 rings (SSSR count). The van der Waals surface area contributed by atoms with E-state index in [0.717, 1.165) is 50.9 Å². The molecule has 0 aromatic carbocycles. The molecule has 7 nitrogen and oxygen atoms in total. The molecule has 7 heteroatoms. The largest absolute Gasteiger partial charge is 0.444 e. The molecule has 1 saturated heterocycles. The molecule has 1 N–H and O–H groups in total. The van der Waals surface area contributed by atoms with E-state index in [0.29, 0.717) is 18.5 Å². The lowest BCUT2D eigenvalue weighted by molar-refractivity contribution is 0.0214. The number of likely N-dealkylation sites (tertiary alicyclic amines) is 1. The van der Waals surface area contributed by atoms with Crippen molar-refractivity contribution in [2.24, 2.45) is 16.8 Å². The number of carbonyl (C=O) groups is 1. The smallest absolute Gasteiger partial charge is 0.410 e. The maximum Gasteiger partial charge on any atom is 0.410 e. The molecule has 0 aromatic heterocycles. The molecule has 29 heavy (non-hydrogen) atoms. The van der Waals surface area contributed by atoms with Crippen LogP contribution in [0.2, 0.25) is 0 Å². The van der Waals surface area contributed by atoms with Gasteiger partial charge in [0.1, 0.15) is 5.60 Å². The first-order chi connectivity index (χ1) is 13.6. The highest BCUT2D eigenvalue weighted by atomic mass is 16.6. The van der Waals surface area contributed by atoms with Crippen LogP contribution in [0.1, 0.15) is 53.4 Å². The Morgan fingerprint density at radius 3 is 2.28 bits per heavy atom. The molecule has 1 amide bonds. The van der Waals surface area contributed by atoms with Gasteiger partial charge >= 0.3 is 6.09 Å². The fourth-order valence-corrected chi connectivity index (χ4v) is 4.08. The van der Waals surface area contributed by atoms with E-state index in [4.69, 9.17) is 4.74 Å². The number of guanidine groups is 1. The van der Waals surface area contributed by atoms with E-state index in [1.54, 1.807) is 0 Å². The Morgan fingerprint density at radius 2 is 1.83 bits per heavy atom. The van der Waals surface area contributed by atoms with E-state index in [9.17, 15) is 4.79 Å². The highest BCUT2D eigenvalue weighted by molar-refractivity contribution is 5.80. The van der Waals surface area contributed by atoms with Gasteiger partial charge in [0.05, 0.1) is 0 Å². The number of nitrogens with zero attached hydrogens (tertiary/aromatic N) is 4. The van der Waals surface area contributed by atoms with Crippen LogP contribution in [0.3, 0.4) is 0 Å². The SMILES string of the molecule is CCN(CC1CCN(C(=NC)NCC(C2CC2)N(C)C)CC1)C(=O)OC(C)(C)C. The van der Waals surface area contributed by atoms with Crippen molar-refractivity contribution < 1.29 is 9.53 Å². The third kappa shape index (κ3) is 7.68. The van der Waals surface area contributed by atoms with Crippen LogP contribution < -0.4 is 5.32 Å².